The van der Waals surface area contributed by atoms with Crippen molar-refractivity contribution in [3.63, 3.8) is 0 Å². The molecule has 4 atom stereocenters. The van der Waals surface area contributed by atoms with Crippen LogP contribution in [0.3, 0.4) is 0 Å². The van der Waals surface area contributed by atoms with E-state index < -0.39 is 47.9 Å². The van der Waals surface area contributed by atoms with Crippen LogP contribution >= 0.6 is 11.8 Å². The van der Waals surface area contributed by atoms with Gasteiger partial charge < -0.3 is 31.8 Å². The minimum absolute atomic E-state index is 0.0761. The molecule has 11 heteroatoms. The van der Waals surface area contributed by atoms with Gasteiger partial charge >= 0.3 is 5.97 Å². The third-order valence-corrected chi connectivity index (χ3v) is 6.91. The van der Waals surface area contributed by atoms with E-state index in [9.17, 15) is 24.3 Å². The van der Waals surface area contributed by atoms with Crippen LogP contribution in [0.25, 0.3) is 10.9 Å². The number of hydrogen-bond acceptors (Lipinski definition) is 6. The first-order chi connectivity index (χ1) is 17.9. The topological polar surface area (TPSA) is 166 Å². The highest BCUT2D eigenvalue weighted by molar-refractivity contribution is 7.98. The molecule has 0 saturated carbocycles. The van der Waals surface area contributed by atoms with E-state index in [-0.39, 0.29) is 18.3 Å². The second-order valence-corrected chi connectivity index (χ2v) is 11.3. The number of nitrogens with two attached hydrogens (primary N) is 1. The fraction of sp³-hybridized carbons (Fsp3) is 0.556. The van der Waals surface area contributed by atoms with Crippen molar-refractivity contribution in [3.8, 4) is 0 Å². The summed E-state index contributed by atoms with van der Waals surface area (Å²) in [6.07, 6.45) is 4.46. The van der Waals surface area contributed by atoms with Gasteiger partial charge in [-0.2, -0.15) is 11.8 Å². The van der Waals surface area contributed by atoms with E-state index in [1.54, 1.807) is 20.0 Å². The molecule has 0 bridgehead atoms. The second-order valence-electron chi connectivity index (χ2n) is 10.3. The molecule has 0 fully saturated rings. The van der Waals surface area contributed by atoms with Crippen LogP contribution in [0.1, 0.15) is 46.1 Å². The molecule has 2 rings (SSSR count). The Morgan fingerprint density at radius 3 is 2.24 bits per heavy atom. The number of carboxylic acids is 1. The molecular weight excluding hydrogens is 506 g/mol. The lowest BCUT2D eigenvalue weighted by atomic mass is 10.00. The average Bonchev–Trinajstić information content (AvgIpc) is 3.26. The van der Waals surface area contributed by atoms with Crippen molar-refractivity contribution >= 4 is 46.4 Å². The number of aliphatic carboxylic acids is 1. The standard InChI is InChI=1S/C27H41N5O5S/c1-15(2)12-19(28)24(33)32-23(16(3)4)26(35)30-21(10-11-38-5)25(34)31-22(27(36)37)13-17-14-29-20-9-7-6-8-18(17)20/h6-9,14-16,19,21-23,29H,10-13,28H2,1-5H3,(H,30,35)(H,31,34)(H,32,33)(H,36,37). The number of nitrogens with one attached hydrogen (secondary N) is 4. The van der Waals surface area contributed by atoms with Crippen molar-refractivity contribution in [2.75, 3.05) is 12.0 Å². The van der Waals surface area contributed by atoms with E-state index >= 15 is 0 Å². The number of fused-ring (bicyclic) bond motifs is 1. The number of amides is 3. The van der Waals surface area contributed by atoms with Crippen molar-refractivity contribution in [1.82, 2.24) is 20.9 Å². The van der Waals surface area contributed by atoms with Gasteiger partial charge in [-0.05, 0) is 48.3 Å². The minimum atomic E-state index is -1.19. The Hall–Kier alpha value is -3.05. The maximum atomic E-state index is 13.2. The van der Waals surface area contributed by atoms with Gasteiger partial charge in [-0.25, -0.2) is 4.79 Å². The maximum Gasteiger partial charge on any atom is 0.326 e. The molecule has 0 aliphatic rings. The number of aromatic amines is 1. The van der Waals surface area contributed by atoms with Crippen LogP contribution in [0.15, 0.2) is 30.5 Å². The Bertz CT molecular complexity index is 1100. The van der Waals surface area contributed by atoms with E-state index in [4.69, 9.17) is 5.73 Å². The van der Waals surface area contributed by atoms with Gasteiger partial charge in [0.15, 0.2) is 0 Å². The molecule has 0 spiro atoms. The number of benzene rings is 1. The minimum Gasteiger partial charge on any atom is -0.480 e. The summed E-state index contributed by atoms with van der Waals surface area (Å²) in [4.78, 5) is 54.2. The number of carboxylic acid groups (broad SMARTS) is 1. The van der Waals surface area contributed by atoms with Crippen LogP contribution in [-0.2, 0) is 25.6 Å². The van der Waals surface area contributed by atoms with Crippen molar-refractivity contribution in [2.24, 2.45) is 17.6 Å². The molecular formula is C27H41N5O5S. The van der Waals surface area contributed by atoms with Gasteiger partial charge in [0.25, 0.3) is 0 Å². The zero-order chi connectivity index (χ0) is 28.4. The summed E-state index contributed by atoms with van der Waals surface area (Å²) in [5, 5.41) is 18.8. The highest BCUT2D eigenvalue weighted by Gasteiger charge is 2.32. The van der Waals surface area contributed by atoms with Crippen LogP contribution in [0.5, 0.6) is 0 Å². The van der Waals surface area contributed by atoms with E-state index in [1.165, 1.54) is 11.8 Å². The predicted molar refractivity (Wildman–Crippen MR) is 151 cm³/mol. The van der Waals surface area contributed by atoms with Crippen LogP contribution in [0.4, 0.5) is 0 Å². The zero-order valence-electron chi connectivity index (χ0n) is 22.7. The average molecular weight is 548 g/mol. The summed E-state index contributed by atoms with van der Waals surface area (Å²) in [6, 6.07) is 3.71. The van der Waals surface area contributed by atoms with Gasteiger partial charge in [-0.3, -0.25) is 14.4 Å². The van der Waals surface area contributed by atoms with Crippen LogP contribution in [-0.4, -0.2) is 70.0 Å². The number of carbonyl (C=O) groups excluding carboxylic acids is 3. The molecule has 1 aromatic heterocycles. The molecule has 0 aliphatic carbocycles. The molecule has 3 amide bonds. The highest BCUT2D eigenvalue weighted by atomic mass is 32.2. The predicted octanol–water partition coefficient (Wildman–Crippen LogP) is 2.03. The van der Waals surface area contributed by atoms with Crippen LogP contribution < -0.4 is 21.7 Å². The zero-order valence-corrected chi connectivity index (χ0v) is 23.6. The summed E-state index contributed by atoms with van der Waals surface area (Å²) < 4.78 is 0. The van der Waals surface area contributed by atoms with Gasteiger partial charge in [-0.15, -0.1) is 0 Å². The molecule has 0 radical (unpaired) electrons. The van der Waals surface area contributed by atoms with E-state index in [2.05, 4.69) is 20.9 Å². The molecule has 1 heterocycles. The Morgan fingerprint density at radius 2 is 1.63 bits per heavy atom. The van der Waals surface area contributed by atoms with Gasteiger partial charge in [0, 0.05) is 23.5 Å². The highest BCUT2D eigenvalue weighted by Crippen LogP contribution is 2.19. The summed E-state index contributed by atoms with van der Waals surface area (Å²) in [7, 11) is 0. The van der Waals surface area contributed by atoms with Crippen LogP contribution in [0.2, 0.25) is 0 Å². The Labute approximate surface area is 228 Å². The number of carbonyl (C=O) groups is 4. The number of aromatic nitrogens is 1. The molecule has 10 nitrogen and oxygen atoms in total. The summed E-state index contributed by atoms with van der Waals surface area (Å²) in [6.45, 7) is 7.49. The summed E-state index contributed by atoms with van der Waals surface area (Å²) in [5.41, 5.74) is 7.62. The second kappa shape index (κ2) is 14.8. The first-order valence-corrected chi connectivity index (χ1v) is 14.3. The monoisotopic (exact) mass is 547 g/mol. The lowest BCUT2D eigenvalue weighted by Crippen LogP contribution is -2.58. The Balaban J connectivity index is 2.14. The normalized spacial score (nSPS) is 14.6. The van der Waals surface area contributed by atoms with Gasteiger partial charge in [0.05, 0.1) is 6.04 Å². The number of thioether (sulfide) groups is 1. The molecule has 0 aliphatic heterocycles. The molecule has 0 saturated heterocycles. The van der Waals surface area contributed by atoms with Gasteiger partial charge in [-0.1, -0.05) is 45.9 Å². The summed E-state index contributed by atoms with van der Waals surface area (Å²) >= 11 is 1.50. The number of rotatable bonds is 15. The quantitative estimate of drug-likeness (QED) is 0.198. The van der Waals surface area contributed by atoms with Crippen molar-refractivity contribution in [2.45, 2.75) is 71.1 Å². The van der Waals surface area contributed by atoms with Crippen molar-refractivity contribution in [1.29, 1.82) is 0 Å². The molecule has 1 aromatic carbocycles. The number of hydrogen-bond donors (Lipinski definition) is 6. The molecule has 7 N–H and O–H groups in total. The van der Waals surface area contributed by atoms with Crippen molar-refractivity contribution in [3.05, 3.63) is 36.0 Å². The molecule has 210 valence electrons. The third kappa shape index (κ3) is 9.05. The largest absolute Gasteiger partial charge is 0.480 e. The van der Waals surface area contributed by atoms with Gasteiger partial charge in [0.1, 0.15) is 18.1 Å². The van der Waals surface area contributed by atoms with Crippen molar-refractivity contribution < 1.29 is 24.3 Å². The first-order valence-electron chi connectivity index (χ1n) is 12.9. The Kier molecular flexibility index (Phi) is 12.1. The maximum absolute atomic E-state index is 13.2. The smallest absolute Gasteiger partial charge is 0.326 e. The molecule has 38 heavy (non-hydrogen) atoms. The lowest BCUT2D eigenvalue weighted by molar-refractivity contribution is -0.142. The number of para-hydroxylation sites is 1. The summed E-state index contributed by atoms with van der Waals surface area (Å²) in [5.74, 6) is -2.19. The van der Waals surface area contributed by atoms with E-state index in [1.807, 2.05) is 44.4 Å². The first kappa shape index (κ1) is 31.2. The lowest BCUT2D eigenvalue weighted by Gasteiger charge is -2.27. The van der Waals surface area contributed by atoms with E-state index in [0.29, 0.717) is 18.6 Å². The molecule has 4 unspecified atom stereocenters. The number of H-pyrrole nitrogens is 1. The fourth-order valence-electron chi connectivity index (χ4n) is 4.17. The van der Waals surface area contributed by atoms with Crippen LogP contribution in [0, 0.1) is 11.8 Å². The third-order valence-electron chi connectivity index (χ3n) is 6.27. The SMILES string of the molecule is CSCCC(NC(=O)C(NC(=O)C(N)CC(C)C)C(C)C)C(=O)NC(Cc1c[nH]c2ccccc12)C(=O)O. The van der Waals surface area contributed by atoms with Gasteiger partial charge in [0.2, 0.25) is 17.7 Å². The molecule has 2 aromatic rings. The fourth-order valence-corrected chi connectivity index (χ4v) is 4.64. The Morgan fingerprint density at radius 1 is 0.974 bits per heavy atom. The van der Waals surface area contributed by atoms with E-state index in [0.717, 1.165) is 16.5 Å².